The third-order valence-corrected chi connectivity index (χ3v) is 7.50. The van der Waals surface area contributed by atoms with Crippen LogP contribution >= 0.6 is 16.1 Å². The highest BCUT2D eigenvalue weighted by Gasteiger charge is 2.40. The molecule has 6 heteroatoms. The molecule has 2 atom stereocenters. The Balaban J connectivity index is 1.97. The molecule has 0 saturated carbocycles. The van der Waals surface area contributed by atoms with Crippen molar-refractivity contribution in [2.45, 2.75) is 78.1 Å². The average Bonchev–Trinajstić information content (AvgIpc) is 3.14. The number of ether oxygens (including phenoxy) is 1. The molecule has 3 rings (SSSR count). The van der Waals surface area contributed by atoms with E-state index >= 15 is 0 Å². The number of carbonyl (C=O) groups is 1. The molecule has 0 spiro atoms. The van der Waals surface area contributed by atoms with Crippen LogP contribution in [0.5, 0.6) is 11.5 Å². The SMILES string of the molecule is CCC[C@H]1CN(CC(=O)c2cc(C(C)(C)C)c(O)c(C(C)(C)C)c2)C(=NBr)[C@@H]1c1ccc(OC)cc1. The van der Waals surface area contributed by atoms with Gasteiger partial charge < -0.3 is 14.7 Å². The first-order chi connectivity index (χ1) is 16.8. The van der Waals surface area contributed by atoms with Crippen LogP contribution in [0.3, 0.4) is 0 Å². The van der Waals surface area contributed by atoms with Gasteiger partial charge in [0.05, 0.1) is 29.8 Å². The Hall–Kier alpha value is -2.34. The molecule has 1 aliphatic rings. The molecule has 0 aliphatic carbocycles. The number of likely N-dealkylation sites (tertiary alicyclic amines) is 1. The number of methoxy groups -OCH3 is 1. The number of rotatable bonds is 7. The van der Waals surface area contributed by atoms with Crippen molar-refractivity contribution in [2.24, 2.45) is 9.94 Å². The normalized spacial score (nSPS) is 19.7. The summed E-state index contributed by atoms with van der Waals surface area (Å²) in [6.45, 7) is 15.6. The minimum Gasteiger partial charge on any atom is -0.507 e. The van der Waals surface area contributed by atoms with Gasteiger partial charge in [-0.2, -0.15) is 4.02 Å². The summed E-state index contributed by atoms with van der Waals surface area (Å²) in [5.41, 5.74) is 2.83. The van der Waals surface area contributed by atoms with E-state index in [-0.39, 0.29) is 34.8 Å². The van der Waals surface area contributed by atoms with Gasteiger partial charge >= 0.3 is 0 Å². The third kappa shape index (κ3) is 5.96. The average molecular weight is 558 g/mol. The quantitative estimate of drug-likeness (QED) is 0.361. The van der Waals surface area contributed by atoms with Crippen LogP contribution in [0.15, 0.2) is 40.4 Å². The topological polar surface area (TPSA) is 62.1 Å². The largest absolute Gasteiger partial charge is 0.507 e. The number of benzene rings is 2. The lowest BCUT2D eigenvalue weighted by Crippen LogP contribution is -2.32. The molecule has 1 aliphatic heterocycles. The number of carbonyl (C=O) groups excluding carboxylic acids is 1. The number of ketones is 1. The molecule has 0 radical (unpaired) electrons. The fourth-order valence-electron chi connectivity index (χ4n) is 5.21. The second-order valence-electron chi connectivity index (χ2n) is 12.0. The summed E-state index contributed by atoms with van der Waals surface area (Å²) in [5.74, 6) is 2.51. The van der Waals surface area contributed by atoms with Gasteiger partial charge in [-0.15, -0.1) is 0 Å². The van der Waals surface area contributed by atoms with Crippen molar-refractivity contribution < 1.29 is 14.6 Å². The fourth-order valence-corrected chi connectivity index (χ4v) is 5.65. The Morgan fingerprint density at radius 2 is 1.64 bits per heavy atom. The maximum absolute atomic E-state index is 13.7. The van der Waals surface area contributed by atoms with Gasteiger partial charge in [0.2, 0.25) is 0 Å². The molecular weight excluding hydrogens is 516 g/mol. The van der Waals surface area contributed by atoms with Gasteiger partial charge in [0.25, 0.3) is 0 Å². The molecule has 1 fully saturated rings. The van der Waals surface area contributed by atoms with E-state index in [0.717, 1.165) is 42.1 Å². The third-order valence-electron chi connectivity index (χ3n) is 7.13. The first-order valence-electron chi connectivity index (χ1n) is 12.8. The number of Topliss-reactive ketones (excluding diaryl/α,β-unsaturated/α-hetero) is 1. The van der Waals surface area contributed by atoms with Crippen molar-refractivity contribution in [3.05, 3.63) is 58.7 Å². The van der Waals surface area contributed by atoms with Crippen LogP contribution in [-0.4, -0.2) is 41.8 Å². The van der Waals surface area contributed by atoms with Crippen molar-refractivity contribution >= 4 is 27.8 Å². The molecule has 2 aromatic rings. The number of nitrogens with zero attached hydrogens (tertiary/aromatic N) is 2. The van der Waals surface area contributed by atoms with E-state index in [1.54, 1.807) is 7.11 Å². The first kappa shape index (κ1) is 28.2. The molecule has 2 aromatic carbocycles. The second kappa shape index (κ2) is 11.0. The summed E-state index contributed by atoms with van der Waals surface area (Å²) < 4.78 is 9.85. The maximum atomic E-state index is 13.7. The van der Waals surface area contributed by atoms with E-state index in [1.807, 2.05) is 24.3 Å². The minimum atomic E-state index is -0.290. The molecule has 0 aromatic heterocycles. The molecule has 36 heavy (non-hydrogen) atoms. The Morgan fingerprint density at radius 3 is 2.08 bits per heavy atom. The number of phenols is 1. The maximum Gasteiger partial charge on any atom is 0.182 e. The number of phenolic OH excluding ortho intramolecular Hbond substituents is 1. The van der Waals surface area contributed by atoms with Crippen molar-refractivity contribution in [2.75, 3.05) is 20.2 Å². The lowest BCUT2D eigenvalue weighted by atomic mass is 9.78. The van der Waals surface area contributed by atoms with E-state index < -0.39 is 0 Å². The van der Waals surface area contributed by atoms with Crippen LogP contribution < -0.4 is 4.74 Å². The molecule has 196 valence electrons. The molecule has 1 saturated heterocycles. The van der Waals surface area contributed by atoms with Crippen LogP contribution in [0.4, 0.5) is 0 Å². The lowest BCUT2D eigenvalue weighted by molar-refractivity contribution is 0.0963. The first-order valence-corrected chi connectivity index (χ1v) is 13.5. The predicted molar refractivity (Wildman–Crippen MR) is 152 cm³/mol. The fraction of sp³-hybridized carbons (Fsp3) is 0.533. The standard InChI is InChI=1S/C30H41BrN2O3/c1-9-10-20-17-33(28(32-31)26(20)19-11-13-22(36-8)14-12-19)18-25(34)21-15-23(29(2,3)4)27(35)24(16-21)30(5,6)7/h11-16,20,26,35H,9-10,17-18H2,1-8H3/t20-,26+/m0/s1. The minimum absolute atomic E-state index is 0.0327. The summed E-state index contributed by atoms with van der Waals surface area (Å²) in [7, 11) is 1.67. The summed E-state index contributed by atoms with van der Waals surface area (Å²) in [6, 6.07) is 11.9. The van der Waals surface area contributed by atoms with E-state index in [1.165, 1.54) is 5.56 Å². The monoisotopic (exact) mass is 556 g/mol. The highest BCUT2D eigenvalue weighted by atomic mass is 79.9. The molecule has 5 nitrogen and oxygen atoms in total. The smallest absolute Gasteiger partial charge is 0.182 e. The lowest BCUT2D eigenvalue weighted by Gasteiger charge is -2.28. The Bertz CT molecular complexity index is 1080. The van der Waals surface area contributed by atoms with Crippen LogP contribution in [0.1, 0.15) is 94.3 Å². The van der Waals surface area contributed by atoms with Crippen LogP contribution in [-0.2, 0) is 10.8 Å². The van der Waals surface area contributed by atoms with Gasteiger partial charge in [0.1, 0.15) is 17.3 Å². The van der Waals surface area contributed by atoms with Crippen LogP contribution in [0.2, 0.25) is 0 Å². The summed E-state index contributed by atoms with van der Waals surface area (Å²) in [4.78, 5) is 15.8. The number of hydrogen-bond acceptors (Lipinski definition) is 4. The zero-order valence-electron chi connectivity index (χ0n) is 23.0. The molecule has 0 bridgehead atoms. The molecule has 1 N–H and O–H groups in total. The van der Waals surface area contributed by atoms with Gasteiger partial charge in [-0.1, -0.05) is 67.0 Å². The van der Waals surface area contributed by atoms with Gasteiger partial charge in [0.15, 0.2) is 5.78 Å². The zero-order valence-corrected chi connectivity index (χ0v) is 24.6. The predicted octanol–water partition coefficient (Wildman–Crippen LogP) is 7.40. The number of amidine groups is 1. The van der Waals surface area contributed by atoms with Crippen LogP contribution in [0.25, 0.3) is 0 Å². The highest BCUT2D eigenvalue weighted by molar-refractivity contribution is 9.08. The van der Waals surface area contributed by atoms with Crippen molar-refractivity contribution in [3.63, 3.8) is 0 Å². The van der Waals surface area contributed by atoms with Crippen molar-refractivity contribution in [3.8, 4) is 11.5 Å². The van der Waals surface area contributed by atoms with Crippen molar-refractivity contribution in [1.29, 1.82) is 0 Å². The highest BCUT2D eigenvalue weighted by Crippen LogP contribution is 2.41. The van der Waals surface area contributed by atoms with Gasteiger partial charge in [-0.25, -0.2) is 0 Å². The Kier molecular flexibility index (Phi) is 8.59. The molecular formula is C30H41BrN2O3. The molecule has 0 unspecified atom stereocenters. The summed E-state index contributed by atoms with van der Waals surface area (Å²) >= 11 is 3.37. The molecule has 1 heterocycles. The summed E-state index contributed by atoms with van der Waals surface area (Å²) in [6.07, 6.45) is 2.12. The number of aromatic hydroxyl groups is 1. The van der Waals surface area contributed by atoms with E-state index in [0.29, 0.717) is 11.5 Å². The zero-order chi connectivity index (χ0) is 26.8. The van der Waals surface area contributed by atoms with E-state index in [9.17, 15) is 9.90 Å². The van der Waals surface area contributed by atoms with Gasteiger partial charge in [0, 0.05) is 29.2 Å². The number of hydrogen-bond donors (Lipinski definition) is 1. The van der Waals surface area contributed by atoms with Gasteiger partial charge in [-0.05, 0) is 53.0 Å². The summed E-state index contributed by atoms with van der Waals surface area (Å²) in [5, 5.41) is 11.1. The molecule has 0 amide bonds. The number of halogens is 1. The van der Waals surface area contributed by atoms with Crippen LogP contribution in [0, 0.1) is 5.92 Å². The van der Waals surface area contributed by atoms with E-state index in [4.69, 9.17) is 4.74 Å². The van der Waals surface area contributed by atoms with Crippen molar-refractivity contribution in [1.82, 2.24) is 4.90 Å². The second-order valence-corrected chi connectivity index (χ2v) is 12.3. The van der Waals surface area contributed by atoms with E-state index in [2.05, 4.69) is 85.7 Å². The Morgan fingerprint density at radius 1 is 1.08 bits per heavy atom. The van der Waals surface area contributed by atoms with Gasteiger partial charge in [-0.3, -0.25) is 4.79 Å². The Labute approximate surface area is 225 Å².